The number of pyridine rings is 1. The highest BCUT2D eigenvalue weighted by atomic mass is 19.1. The van der Waals surface area contributed by atoms with E-state index in [-0.39, 0.29) is 5.69 Å². The van der Waals surface area contributed by atoms with Crippen LogP contribution in [0.5, 0.6) is 0 Å². The summed E-state index contributed by atoms with van der Waals surface area (Å²) in [7, 11) is 0. The fraction of sp³-hybridized carbons (Fsp3) is 0.200. The summed E-state index contributed by atoms with van der Waals surface area (Å²) in [6.45, 7) is 0.558. The predicted octanol–water partition coefficient (Wildman–Crippen LogP) is 1.45. The minimum Gasteiger partial charge on any atom is -0.330 e. The highest BCUT2D eigenvalue weighted by Crippen LogP contribution is 2.07. The zero-order valence-electron chi connectivity index (χ0n) is 7.57. The van der Waals surface area contributed by atoms with Crippen molar-refractivity contribution in [2.75, 3.05) is 6.54 Å². The van der Waals surface area contributed by atoms with E-state index in [1.807, 2.05) is 6.08 Å². The largest absolute Gasteiger partial charge is 0.330 e. The maximum Gasteiger partial charge on any atom is 0.176 e. The summed E-state index contributed by atoms with van der Waals surface area (Å²) in [5, 5.41) is 8.44. The summed E-state index contributed by atoms with van der Waals surface area (Å²) < 4.78 is 13.0. The number of nitrogens with two attached hydrogens (primary N) is 1. The van der Waals surface area contributed by atoms with Crippen LogP contribution in [0.2, 0.25) is 0 Å². The van der Waals surface area contributed by atoms with Gasteiger partial charge in [-0.15, -0.1) is 0 Å². The Morgan fingerprint density at radius 3 is 3.00 bits per heavy atom. The summed E-state index contributed by atoms with van der Waals surface area (Å²) in [4.78, 5) is 3.66. The molecule has 1 rings (SSSR count). The molecule has 1 aromatic rings. The maximum absolute atomic E-state index is 13.0. The predicted molar refractivity (Wildman–Crippen MR) is 51.6 cm³/mol. The van der Waals surface area contributed by atoms with E-state index in [2.05, 4.69) is 4.98 Å². The minimum atomic E-state index is -0.595. The zero-order valence-corrected chi connectivity index (χ0v) is 7.57. The Morgan fingerprint density at radius 2 is 2.43 bits per heavy atom. The van der Waals surface area contributed by atoms with E-state index in [1.54, 1.807) is 12.1 Å². The lowest BCUT2D eigenvalue weighted by atomic mass is 10.2. The minimum absolute atomic E-state index is 0.180. The summed E-state index contributed by atoms with van der Waals surface area (Å²) >= 11 is 0. The molecule has 0 aromatic carbocycles. The van der Waals surface area contributed by atoms with Crippen LogP contribution in [0, 0.1) is 17.1 Å². The smallest absolute Gasteiger partial charge is 0.176 e. The molecule has 0 aliphatic carbocycles. The van der Waals surface area contributed by atoms with Crippen molar-refractivity contribution >= 4 is 6.08 Å². The Bertz CT molecular complexity index is 379. The van der Waals surface area contributed by atoms with E-state index < -0.39 is 5.82 Å². The summed E-state index contributed by atoms with van der Waals surface area (Å²) in [5.41, 5.74) is 5.74. The number of nitrogens with zero attached hydrogens (tertiary/aromatic N) is 2. The van der Waals surface area contributed by atoms with E-state index in [0.29, 0.717) is 12.1 Å². The molecule has 0 amide bonds. The van der Waals surface area contributed by atoms with Gasteiger partial charge in [-0.05, 0) is 24.6 Å². The van der Waals surface area contributed by atoms with Gasteiger partial charge in [-0.3, -0.25) is 0 Å². The van der Waals surface area contributed by atoms with Crippen LogP contribution in [0.15, 0.2) is 18.3 Å². The van der Waals surface area contributed by atoms with Crippen LogP contribution in [-0.4, -0.2) is 11.5 Å². The molecule has 0 radical (unpaired) electrons. The van der Waals surface area contributed by atoms with Gasteiger partial charge in [0.25, 0.3) is 0 Å². The lowest BCUT2D eigenvalue weighted by Gasteiger charge is -1.94. The van der Waals surface area contributed by atoms with Crippen molar-refractivity contribution in [1.29, 1.82) is 5.26 Å². The molecule has 0 atom stereocenters. The molecule has 0 saturated heterocycles. The fourth-order valence-corrected chi connectivity index (χ4v) is 0.942. The van der Waals surface area contributed by atoms with Crippen LogP contribution in [-0.2, 0) is 0 Å². The molecule has 1 heterocycles. The Morgan fingerprint density at radius 1 is 1.64 bits per heavy atom. The van der Waals surface area contributed by atoms with Crippen LogP contribution < -0.4 is 5.73 Å². The third kappa shape index (κ3) is 2.64. The molecule has 0 fully saturated rings. The van der Waals surface area contributed by atoms with Gasteiger partial charge in [0.1, 0.15) is 6.07 Å². The number of aromatic nitrogens is 1. The Balaban J connectivity index is 2.82. The maximum atomic E-state index is 13.0. The molecule has 14 heavy (non-hydrogen) atoms. The Labute approximate surface area is 81.7 Å². The molecular formula is C10H10FN3. The van der Waals surface area contributed by atoms with Gasteiger partial charge in [-0.25, -0.2) is 9.37 Å². The first-order valence-corrected chi connectivity index (χ1v) is 4.20. The summed E-state index contributed by atoms with van der Waals surface area (Å²) in [6, 6.07) is 2.94. The molecule has 0 saturated carbocycles. The van der Waals surface area contributed by atoms with Crippen LogP contribution in [0.3, 0.4) is 0 Å². The average Bonchev–Trinajstić information content (AvgIpc) is 2.18. The summed E-state index contributed by atoms with van der Waals surface area (Å²) in [5.74, 6) is -0.595. The topological polar surface area (TPSA) is 62.7 Å². The molecule has 0 aliphatic heterocycles. The number of halogens is 1. The molecule has 0 bridgehead atoms. The molecule has 1 aromatic heterocycles. The number of rotatable bonds is 3. The van der Waals surface area contributed by atoms with E-state index in [4.69, 9.17) is 11.0 Å². The number of hydrogen-bond acceptors (Lipinski definition) is 3. The molecule has 72 valence electrons. The van der Waals surface area contributed by atoms with Gasteiger partial charge in [-0.1, -0.05) is 12.2 Å². The number of hydrogen-bond donors (Lipinski definition) is 1. The highest BCUT2D eigenvalue weighted by molar-refractivity contribution is 5.48. The van der Waals surface area contributed by atoms with E-state index in [9.17, 15) is 4.39 Å². The Kier molecular flexibility index (Phi) is 3.77. The van der Waals surface area contributed by atoms with Crippen LogP contribution in [0.4, 0.5) is 4.39 Å². The molecule has 4 heteroatoms. The third-order valence-corrected chi connectivity index (χ3v) is 1.61. The first-order valence-electron chi connectivity index (χ1n) is 4.20. The quantitative estimate of drug-likeness (QED) is 0.786. The second-order valence-electron chi connectivity index (χ2n) is 2.69. The van der Waals surface area contributed by atoms with Gasteiger partial charge in [-0.2, -0.15) is 5.26 Å². The van der Waals surface area contributed by atoms with Crippen molar-refractivity contribution in [3.05, 3.63) is 35.4 Å². The molecule has 0 spiro atoms. The highest BCUT2D eigenvalue weighted by Gasteiger charge is 2.01. The molecule has 2 N–H and O–H groups in total. The van der Waals surface area contributed by atoms with Crippen molar-refractivity contribution in [3.63, 3.8) is 0 Å². The lowest BCUT2D eigenvalue weighted by Crippen LogP contribution is -1.95. The van der Waals surface area contributed by atoms with Crippen molar-refractivity contribution in [2.24, 2.45) is 5.73 Å². The lowest BCUT2D eigenvalue weighted by molar-refractivity contribution is 0.616. The van der Waals surface area contributed by atoms with Gasteiger partial charge in [0.15, 0.2) is 11.5 Å². The standard InChI is InChI=1S/C10H10FN3/c11-9-5-8(3-1-2-4-12)7-14-10(9)6-13/h1,3,5,7H,2,4,12H2. The van der Waals surface area contributed by atoms with Gasteiger partial charge in [0.05, 0.1) is 0 Å². The molecule has 0 aliphatic rings. The summed E-state index contributed by atoms with van der Waals surface area (Å²) in [6.07, 6.45) is 5.75. The van der Waals surface area contributed by atoms with Crippen molar-refractivity contribution in [1.82, 2.24) is 4.98 Å². The van der Waals surface area contributed by atoms with Crippen molar-refractivity contribution in [2.45, 2.75) is 6.42 Å². The number of nitriles is 1. The second-order valence-corrected chi connectivity index (χ2v) is 2.69. The van der Waals surface area contributed by atoms with Gasteiger partial charge < -0.3 is 5.73 Å². The molecular weight excluding hydrogens is 181 g/mol. The molecule has 0 unspecified atom stereocenters. The second kappa shape index (κ2) is 5.10. The average molecular weight is 191 g/mol. The van der Waals surface area contributed by atoms with Gasteiger partial charge >= 0.3 is 0 Å². The van der Waals surface area contributed by atoms with Crippen molar-refractivity contribution < 1.29 is 4.39 Å². The Hall–Kier alpha value is -1.73. The first-order chi connectivity index (χ1) is 6.77. The van der Waals surface area contributed by atoms with E-state index in [0.717, 1.165) is 6.42 Å². The van der Waals surface area contributed by atoms with E-state index >= 15 is 0 Å². The first kappa shape index (κ1) is 10.4. The van der Waals surface area contributed by atoms with Crippen molar-refractivity contribution in [3.8, 4) is 6.07 Å². The monoisotopic (exact) mass is 191 g/mol. The van der Waals surface area contributed by atoms with E-state index in [1.165, 1.54) is 12.3 Å². The SMILES string of the molecule is N#Cc1ncc(C=CCCN)cc1F. The van der Waals surface area contributed by atoms with Gasteiger partial charge in [0, 0.05) is 6.20 Å². The van der Waals surface area contributed by atoms with Gasteiger partial charge in [0.2, 0.25) is 0 Å². The normalized spacial score (nSPS) is 10.4. The third-order valence-electron chi connectivity index (χ3n) is 1.61. The van der Waals surface area contributed by atoms with Crippen LogP contribution >= 0.6 is 0 Å². The zero-order chi connectivity index (χ0) is 10.4. The molecule has 3 nitrogen and oxygen atoms in total. The van der Waals surface area contributed by atoms with Crippen LogP contribution in [0.1, 0.15) is 17.7 Å². The van der Waals surface area contributed by atoms with Crippen LogP contribution in [0.25, 0.3) is 6.08 Å². The fourth-order valence-electron chi connectivity index (χ4n) is 0.942.